The molecule has 0 heterocycles. The third-order valence-corrected chi connectivity index (χ3v) is 1.85. The first-order valence-electron chi connectivity index (χ1n) is 4.57. The second kappa shape index (κ2) is 6.23. The minimum Gasteiger partial charge on any atom is -0.394 e. The highest BCUT2D eigenvalue weighted by molar-refractivity contribution is 5.80. The maximum atomic E-state index is 12.1. The first kappa shape index (κ1) is 17.0. The lowest BCUT2D eigenvalue weighted by Gasteiger charge is -2.24. The quantitative estimate of drug-likeness (QED) is 0.735. The fourth-order valence-corrected chi connectivity index (χ4v) is 1.11. The standard InChI is InChI=1S/C8H11F6NO3/c1-18-3-4(2-16)15-6(17)5(7(9,10)11)8(12,13)14/h4-5,16H,2-3H2,1H3,(H,15,17). The number of aliphatic hydroxyl groups excluding tert-OH is 1. The minimum atomic E-state index is -5.75. The molecule has 0 aromatic rings. The summed E-state index contributed by atoms with van der Waals surface area (Å²) in [6, 6.07) is -1.34. The van der Waals surface area contributed by atoms with Crippen molar-refractivity contribution in [1.29, 1.82) is 0 Å². The Labute approximate surface area is 97.9 Å². The van der Waals surface area contributed by atoms with E-state index in [1.54, 1.807) is 0 Å². The van der Waals surface area contributed by atoms with Gasteiger partial charge in [-0.25, -0.2) is 0 Å². The predicted octanol–water partition coefficient (Wildman–Crippen LogP) is 0.851. The molecule has 0 spiro atoms. The van der Waals surface area contributed by atoms with Gasteiger partial charge in [0, 0.05) is 7.11 Å². The van der Waals surface area contributed by atoms with Gasteiger partial charge in [-0.15, -0.1) is 0 Å². The molecule has 0 aromatic carbocycles. The van der Waals surface area contributed by atoms with E-state index < -0.39 is 43.4 Å². The number of hydrogen-bond donors (Lipinski definition) is 2. The number of carbonyl (C=O) groups excluding carboxylic acids is 1. The summed E-state index contributed by atoms with van der Waals surface area (Å²) in [4.78, 5) is 11.0. The molecule has 0 bridgehead atoms. The van der Waals surface area contributed by atoms with E-state index >= 15 is 0 Å². The van der Waals surface area contributed by atoms with Crippen molar-refractivity contribution in [3.05, 3.63) is 0 Å². The highest BCUT2D eigenvalue weighted by Crippen LogP contribution is 2.39. The maximum absolute atomic E-state index is 12.1. The molecule has 0 aliphatic rings. The molecular formula is C8H11F6NO3. The largest absolute Gasteiger partial charge is 0.409 e. The molecule has 108 valence electrons. The molecule has 18 heavy (non-hydrogen) atoms. The van der Waals surface area contributed by atoms with Crippen LogP contribution >= 0.6 is 0 Å². The highest BCUT2D eigenvalue weighted by atomic mass is 19.4. The topological polar surface area (TPSA) is 58.6 Å². The lowest BCUT2D eigenvalue weighted by atomic mass is 10.1. The van der Waals surface area contributed by atoms with Gasteiger partial charge in [-0.3, -0.25) is 4.79 Å². The van der Waals surface area contributed by atoms with Crippen molar-refractivity contribution in [1.82, 2.24) is 5.32 Å². The Balaban J connectivity index is 4.89. The van der Waals surface area contributed by atoms with Gasteiger partial charge in [-0.1, -0.05) is 0 Å². The number of methoxy groups -OCH3 is 1. The predicted molar refractivity (Wildman–Crippen MR) is 46.5 cm³/mol. The zero-order valence-corrected chi connectivity index (χ0v) is 9.10. The van der Waals surface area contributed by atoms with E-state index in [-0.39, 0.29) is 0 Å². The Hall–Kier alpha value is -1.03. The number of aliphatic hydroxyl groups is 1. The van der Waals surface area contributed by atoms with Crippen molar-refractivity contribution in [2.75, 3.05) is 20.3 Å². The summed E-state index contributed by atoms with van der Waals surface area (Å²) >= 11 is 0. The van der Waals surface area contributed by atoms with Crippen LogP contribution in [-0.2, 0) is 9.53 Å². The Morgan fingerprint density at radius 2 is 1.67 bits per heavy atom. The van der Waals surface area contributed by atoms with Gasteiger partial charge < -0.3 is 15.2 Å². The summed E-state index contributed by atoms with van der Waals surface area (Å²) in [5, 5.41) is 10.1. The molecule has 10 heteroatoms. The average molecular weight is 283 g/mol. The van der Waals surface area contributed by atoms with Gasteiger partial charge in [-0.05, 0) is 0 Å². The first-order valence-corrected chi connectivity index (χ1v) is 4.57. The van der Waals surface area contributed by atoms with Gasteiger partial charge >= 0.3 is 12.4 Å². The Morgan fingerprint density at radius 1 is 1.22 bits per heavy atom. The first-order chi connectivity index (χ1) is 8.04. The number of nitrogens with one attached hydrogen (secondary N) is 1. The SMILES string of the molecule is COCC(CO)NC(=O)C(C(F)(F)F)C(F)(F)F. The van der Waals surface area contributed by atoms with Crippen LogP contribution in [0.15, 0.2) is 0 Å². The number of halogens is 6. The van der Waals surface area contributed by atoms with Crippen molar-refractivity contribution >= 4 is 5.91 Å². The zero-order chi connectivity index (χ0) is 14.6. The normalized spacial score (nSPS) is 14.7. The molecule has 2 N–H and O–H groups in total. The molecule has 0 saturated heterocycles. The molecule has 0 aliphatic heterocycles. The van der Waals surface area contributed by atoms with Gasteiger partial charge in [-0.2, -0.15) is 26.3 Å². The monoisotopic (exact) mass is 283 g/mol. The van der Waals surface area contributed by atoms with Crippen molar-refractivity contribution in [3.63, 3.8) is 0 Å². The molecular weight excluding hydrogens is 272 g/mol. The third kappa shape index (κ3) is 5.08. The smallest absolute Gasteiger partial charge is 0.394 e. The number of carbonyl (C=O) groups is 1. The summed E-state index contributed by atoms with van der Waals surface area (Å²) in [5.41, 5.74) is 0. The summed E-state index contributed by atoms with van der Waals surface area (Å²) < 4.78 is 77.2. The fourth-order valence-electron chi connectivity index (χ4n) is 1.11. The van der Waals surface area contributed by atoms with E-state index in [0.717, 1.165) is 7.11 Å². The van der Waals surface area contributed by atoms with Crippen molar-refractivity contribution in [2.24, 2.45) is 5.92 Å². The zero-order valence-electron chi connectivity index (χ0n) is 9.10. The molecule has 1 unspecified atom stereocenters. The second-order valence-electron chi connectivity index (χ2n) is 3.36. The van der Waals surface area contributed by atoms with E-state index in [2.05, 4.69) is 4.74 Å². The van der Waals surface area contributed by atoms with Crippen molar-refractivity contribution in [3.8, 4) is 0 Å². The lowest BCUT2D eigenvalue weighted by Crippen LogP contribution is -2.52. The minimum absolute atomic E-state index is 0.412. The number of amides is 1. The summed E-state index contributed by atoms with van der Waals surface area (Å²) in [6.45, 7) is -1.26. The van der Waals surface area contributed by atoms with Gasteiger partial charge in [0.25, 0.3) is 0 Å². The molecule has 0 aromatic heterocycles. The van der Waals surface area contributed by atoms with E-state index in [1.807, 2.05) is 0 Å². The van der Waals surface area contributed by atoms with Crippen LogP contribution in [0.2, 0.25) is 0 Å². The van der Waals surface area contributed by atoms with Gasteiger partial charge in [0.05, 0.1) is 19.3 Å². The van der Waals surface area contributed by atoms with Crippen LogP contribution < -0.4 is 5.32 Å². The maximum Gasteiger partial charge on any atom is 0.409 e. The Kier molecular flexibility index (Phi) is 5.87. The summed E-state index contributed by atoms with van der Waals surface area (Å²) in [6.07, 6.45) is -11.5. The molecule has 0 rings (SSSR count). The molecule has 0 radical (unpaired) electrons. The van der Waals surface area contributed by atoms with E-state index in [4.69, 9.17) is 5.11 Å². The van der Waals surface area contributed by atoms with Crippen LogP contribution in [0.25, 0.3) is 0 Å². The van der Waals surface area contributed by atoms with Gasteiger partial charge in [0.2, 0.25) is 11.8 Å². The Morgan fingerprint density at radius 3 is 1.94 bits per heavy atom. The van der Waals surface area contributed by atoms with Gasteiger partial charge in [0.15, 0.2) is 0 Å². The molecule has 0 fully saturated rings. The van der Waals surface area contributed by atoms with E-state index in [1.165, 1.54) is 5.32 Å². The second-order valence-corrected chi connectivity index (χ2v) is 3.36. The third-order valence-electron chi connectivity index (χ3n) is 1.85. The summed E-state index contributed by atoms with van der Waals surface area (Å²) in [5.74, 6) is -6.40. The highest BCUT2D eigenvalue weighted by Gasteiger charge is 2.61. The lowest BCUT2D eigenvalue weighted by molar-refractivity contribution is -0.274. The molecule has 0 aliphatic carbocycles. The molecule has 1 atom stereocenters. The number of ether oxygens (including phenoxy) is 1. The van der Waals surface area contributed by atoms with Crippen molar-refractivity contribution in [2.45, 2.75) is 18.4 Å². The van der Waals surface area contributed by atoms with Crippen LogP contribution in [0.5, 0.6) is 0 Å². The van der Waals surface area contributed by atoms with Crippen molar-refractivity contribution < 1.29 is 41.0 Å². The summed E-state index contributed by atoms with van der Waals surface area (Å²) in [7, 11) is 1.11. The molecule has 1 amide bonds. The van der Waals surface area contributed by atoms with Crippen LogP contribution in [0.4, 0.5) is 26.3 Å². The van der Waals surface area contributed by atoms with E-state index in [0.29, 0.717) is 0 Å². The molecule has 4 nitrogen and oxygen atoms in total. The van der Waals surface area contributed by atoms with Crippen LogP contribution in [0.1, 0.15) is 0 Å². The number of rotatable bonds is 5. The number of alkyl halides is 6. The van der Waals surface area contributed by atoms with E-state index in [9.17, 15) is 31.1 Å². The van der Waals surface area contributed by atoms with Crippen LogP contribution in [0.3, 0.4) is 0 Å². The average Bonchev–Trinajstić information content (AvgIpc) is 2.11. The molecule has 0 saturated carbocycles. The van der Waals surface area contributed by atoms with Crippen LogP contribution in [0, 0.1) is 5.92 Å². The Bertz CT molecular complexity index is 263. The number of hydrogen-bond acceptors (Lipinski definition) is 3. The van der Waals surface area contributed by atoms with Crippen LogP contribution in [-0.4, -0.2) is 49.7 Å². The van der Waals surface area contributed by atoms with Gasteiger partial charge in [0.1, 0.15) is 0 Å². The fraction of sp³-hybridized carbons (Fsp3) is 0.875.